The van der Waals surface area contributed by atoms with Crippen molar-refractivity contribution in [1.82, 2.24) is 10.6 Å². The van der Waals surface area contributed by atoms with Crippen LogP contribution in [0.1, 0.15) is 25.8 Å². The van der Waals surface area contributed by atoms with Crippen molar-refractivity contribution in [2.75, 3.05) is 25.4 Å². The maximum absolute atomic E-state index is 13.1. The van der Waals surface area contributed by atoms with Gasteiger partial charge in [-0.1, -0.05) is 48.6 Å². The first-order valence-corrected chi connectivity index (χ1v) is 11.8. The molecular weight excluding hydrogens is 418 g/mol. The van der Waals surface area contributed by atoms with Crippen LogP contribution in [0.15, 0.2) is 40.8 Å². The number of benzene rings is 1. The molecule has 6 nitrogen and oxygen atoms in total. The van der Waals surface area contributed by atoms with E-state index in [0.717, 1.165) is 34.3 Å². The summed E-state index contributed by atoms with van der Waals surface area (Å²) in [6.45, 7) is 5.70. The van der Waals surface area contributed by atoms with E-state index in [9.17, 15) is 14.9 Å². The molecule has 0 radical (unpaired) electrons. The predicted molar refractivity (Wildman–Crippen MR) is 122 cm³/mol. The third-order valence-corrected chi connectivity index (χ3v) is 7.40. The minimum absolute atomic E-state index is 0.188. The Bertz CT molecular complexity index is 922. The number of thioether (sulfide) groups is 2. The van der Waals surface area contributed by atoms with Gasteiger partial charge in [-0.3, -0.25) is 9.59 Å². The Morgan fingerprint density at radius 3 is 2.97 bits per heavy atom. The van der Waals surface area contributed by atoms with Crippen molar-refractivity contribution in [2.24, 2.45) is 5.92 Å². The summed E-state index contributed by atoms with van der Waals surface area (Å²) < 4.78 is 5.59. The highest BCUT2D eigenvalue weighted by Gasteiger charge is 2.55. The van der Waals surface area contributed by atoms with Crippen LogP contribution in [-0.4, -0.2) is 41.3 Å². The van der Waals surface area contributed by atoms with Crippen LogP contribution < -0.4 is 15.4 Å². The van der Waals surface area contributed by atoms with Crippen LogP contribution in [0, 0.1) is 17.2 Å². The average Bonchev–Trinajstić information content (AvgIpc) is 3.07. The van der Waals surface area contributed by atoms with E-state index in [0.29, 0.717) is 31.1 Å². The second-order valence-electron chi connectivity index (χ2n) is 6.79. The normalized spacial score (nSPS) is 23.2. The number of rotatable bonds is 7. The molecular formula is C22H25N3O3S2. The quantitative estimate of drug-likeness (QED) is 0.625. The number of ether oxygens (including phenoxy) is 1. The largest absolute Gasteiger partial charge is 0.493 e. The van der Waals surface area contributed by atoms with Crippen LogP contribution in [0.5, 0.6) is 5.75 Å². The fraction of sp³-hybridized carbons (Fsp3) is 0.409. The lowest BCUT2D eigenvalue weighted by Gasteiger charge is -2.31. The minimum Gasteiger partial charge on any atom is -0.493 e. The number of amides is 1. The van der Waals surface area contributed by atoms with Crippen LogP contribution in [0.25, 0.3) is 6.08 Å². The number of carbonyl (C=O) groups is 2. The predicted octanol–water partition coefficient (Wildman–Crippen LogP) is 3.32. The minimum atomic E-state index is -1.30. The van der Waals surface area contributed by atoms with E-state index in [1.807, 2.05) is 38.1 Å². The van der Waals surface area contributed by atoms with Gasteiger partial charge in [0, 0.05) is 23.1 Å². The first-order valence-electron chi connectivity index (χ1n) is 9.96. The molecule has 30 heavy (non-hydrogen) atoms. The van der Waals surface area contributed by atoms with Gasteiger partial charge < -0.3 is 15.4 Å². The molecule has 1 aromatic carbocycles. The zero-order chi connectivity index (χ0) is 21.6. The maximum atomic E-state index is 13.1. The average molecular weight is 444 g/mol. The smallest absolute Gasteiger partial charge is 0.245 e. The van der Waals surface area contributed by atoms with E-state index < -0.39 is 16.7 Å². The molecule has 2 atom stereocenters. The molecule has 2 unspecified atom stereocenters. The fourth-order valence-corrected chi connectivity index (χ4v) is 6.00. The van der Waals surface area contributed by atoms with Gasteiger partial charge in [-0.05, 0) is 43.4 Å². The Balaban J connectivity index is 1.86. The van der Waals surface area contributed by atoms with E-state index in [1.165, 1.54) is 17.8 Å². The van der Waals surface area contributed by atoms with Crippen molar-refractivity contribution in [3.63, 3.8) is 0 Å². The Morgan fingerprint density at radius 2 is 2.23 bits per heavy atom. The number of nitriles is 1. The molecule has 0 saturated heterocycles. The van der Waals surface area contributed by atoms with E-state index in [-0.39, 0.29) is 5.12 Å². The summed E-state index contributed by atoms with van der Waals surface area (Å²) in [7, 11) is 0. The monoisotopic (exact) mass is 443 g/mol. The number of hydrogen-bond donors (Lipinski definition) is 2. The molecule has 0 fully saturated rings. The van der Waals surface area contributed by atoms with Crippen LogP contribution in [-0.2, 0) is 9.59 Å². The molecule has 3 rings (SSSR count). The second kappa shape index (κ2) is 10.2. The van der Waals surface area contributed by atoms with Gasteiger partial charge in [-0.15, -0.1) is 0 Å². The summed E-state index contributed by atoms with van der Waals surface area (Å²) in [5, 5.41) is 15.9. The number of carbonyl (C=O) groups excluding carboxylic acids is 2. The molecule has 2 aliphatic heterocycles. The molecule has 0 aromatic heterocycles. The highest BCUT2D eigenvalue weighted by Crippen LogP contribution is 2.52. The molecule has 0 bridgehead atoms. The van der Waals surface area contributed by atoms with Crippen LogP contribution in [0.3, 0.4) is 0 Å². The summed E-state index contributed by atoms with van der Waals surface area (Å²) in [5.74, 6) is 0.186. The van der Waals surface area contributed by atoms with Crippen molar-refractivity contribution < 1.29 is 14.3 Å². The third kappa shape index (κ3) is 4.59. The van der Waals surface area contributed by atoms with E-state index in [1.54, 1.807) is 6.08 Å². The van der Waals surface area contributed by atoms with Crippen molar-refractivity contribution in [1.29, 1.82) is 5.26 Å². The topological polar surface area (TPSA) is 91.2 Å². The van der Waals surface area contributed by atoms with Gasteiger partial charge in [-0.2, -0.15) is 5.26 Å². The summed E-state index contributed by atoms with van der Waals surface area (Å²) in [6.07, 6.45) is 3.77. The molecule has 2 heterocycles. The number of nitrogens with one attached hydrogen (secondary N) is 2. The Kier molecular flexibility index (Phi) is 7.64. The SMILES string of the molecule is CCOc1ccccc1C=CC(=O)NC1(C(=O)SCC)SC2=C(CCNC2)C1C#N. The summed E-state index contributed by atoms with van der Waals surface area (Å²) in [5.41, 5.74) is 1.74. The van der Waals surface area contributed by atoms with Crippen molar-refractivity contribution in [3.8, 4) is 11.8 Å². The molecule has 1 aromatic rings. The van der Waals surface area contributed by atoms with Gasteiger partial charge in [0.2, 0.25) is 11.0 Å². The van der Waals surface area contributed by atoms with Crippen molar-refractivity contribution in [3.05, 3.63) is 46.4 Å². The van der Waals surface area contributed by atoms with Crippen molar-refractivity contribution in [2.45, 2.75) is 25.1 Å². The summed E-state index contributed by atoms with van der Waals surface area (Å²) >= 11 is 2.46. The van der Waals surface area contributed by atoms with Gasteiger partial charge in [0.1, 0.15) is 11.7 Å². The Hall–Kier alpha value is -2.21. The lowest BCUT2D eigenvalue weighted by molar-refractivity contribution is -0.122. The lowest BCUT2D eigenvalue weighted by Crippen LogP contribution is -2.54. The molecule has 2 aliphatic rings. The van der Waals surface area contributed by atoms with E-state index in [2.05, 4.69) is 16.7 Å². The Morgan fingerprint density at radius 1 is 1.43 bits per heavy atom. The van der Waals surface area contributed by atoms with Gasteiger partial charge in [-0.25, -0.2) is 0 Å². The summed E-state index contributed by atoms with van der Waals surface area (Å²) in [4.78, 5) is 25.7. The van der Waals surface area contributed by atoms with Gasteiger partial charge in [0.25, 0.3) is 0 Å². The zero-order valence-electron chi connectivity index (χ0n) is 17.1. The molecule has 158 valence electrons. The Labute approximate surface area is 185 Å². The molecule has 0 spiro atoms. The molecule has 1 amide bonds. The molecule has 8 heteroatoms. The molecule has 2 N–H and O–H groups in total. The van der Waals surface area contributed by atoms with Gasteiger partial charge >= 0.3 is 0 Å². The first kappa shape index (κ1) is 22.5. The zero-order valence-corrected chi connectivity index (χ0v) is 18.7. The second-order valence-corrected chi connectivity index (χ2v) is 9.37. The highest BCUT2D eigenvalue weighted by molar-refractivity contribution is 8.17. The van der Waals surface area contributed by atoms with Crippen molar-refractivity contribution >= 4 is 40.6 Å². The van der Waals surface area contributed by atoms with Crippen LogP contribution >= 0.6 is 23.5 Å². The summed E-state index contributed by atoms with van der Waals surface area (Å²) in [6, 6.07) is 9.74. The molecule has 0 aliphatic carbocycles. The van der Waals surface area contributed by atoms with E-state index in [4.69, 9.17) is 4.74 Å². The van der Waals surface area contributed by atoms with Gasteiger partial charge in [0.05, 0.1) is 12.7 Å². The van der Waals surface area contributed by atoms with Gasteiger partial charge in [0.15, 0.2) is 4.87 Å². The van der Waals surface area contributed by atoms with E-state index >= 15 is 0 Å². The lowest BCUT2D eigenvalue weighted by atomic mass is 9.89. The van der Waals surface area contributed by atoms with Crippen LogP contribution in [0.4, 0.5) is 0 Å². The maximum Gasteiger partial charge on any atom is 0.245 e. The standard InChI is InChI=1S/C22H25N3O3S2/c1-3-28-18-8-6-5-7-15(18)9-10-20(26)25-22(21(27)29-4-2)17(13-23)16-11-12-24-14-19(16)30-22/h5-10,17,24H,3-4,11-12,14H2,1-2H3,(H,25,26). The third-order valence-electron chi connectivity index (χ3n) is 4.90. The number of para-hydroxylation sites is 1. The fourth-order valence-electron chi connectivity index (χ4n) is 3.59. The molecule has 0 saturated carbocycles. The number of hydrogen-bond acceptors (Lipinski definition) is 7. The first-order chi connectivity index (χ1) is 14.6. The highest BCUT2D eigenvalue weighted by atomic mass is 32.2. The number of nitrogens with zero attached hydrogens (tertiary/aromatic N) is 1. The van der Waals surface area contributed by atoms with Crippen LogP contribution in [0.2, 0.25) is 0 Å².